The number of benzene rings is 1. The summed E-state index contributed by atoms with van der Waals surface area (Å²) in [6.07, 6.45) is 2.50. The number of piperazine rings is 1. The van der Waals surface area contributed by atoms with E-state index in [1.54, 1.807) is 0 Å². The minimum atomic E-state index is 0.152. The zero-order valence-electron chi connectivity index (χ0n) is 12.0. The van der Waals surface area contributed by atoms with Crippen LogP contribution in [0.5, 0.6) is 5.75 Å². The molecule has 1 atom stereocenters. The summed E-state index contributed by atoms with van der Waals surface area (Å²) in [6, 6.07) is 8.07. The van der Waals surface area contributed by atoms with E-state index in [9.17, 15) is 4.79 Å². The lowest BCUT2D eigenvalue weighted by Crippen LogP contribution is -2.52. The van der Waals surface area contributed by atoms with Gasteiger partial charge in [0, 0.05) is 31.2 Å². The van der Waals surface area contributed by atoms with Crippen LogP contribution >= 0.6 is 0 Å². The van der Waals surface area contributed by atoms with Gasteiger partial charge in [-0.2, -0.15) is 0 Å². The normalized spacial score (nSPS) is 22.6. The molecule has 4 heteroatoms. The quantitative estimate of drug-likeness (QED) is 0.845. The van der Waals surface area contributed by atoms with E-state index < -0.39 is 0 Å². The fourth-order valence-corrected chi connectivity index (χ4v) is 3.22. The zero-order valence-corrected chi connectivity index (χ0v) is 12.0. The third-order valence-corrected chi connectivity index (χ3v) is 4.29. The van der Waals surface area contributed by atoms with Crippen LogP contribution in [-0.2, 0) is 0 Å². The maximum Gasteiger partial charge on any atom is 0.253 e. The molecule has 0 radical (unpaired) electrons. The number of amides is 1. The Morgan fingerprint density at radius 3 is 2.80 bits per heavy atom. The van der Waals surface area contributed by atoms with Gasteiger partial charge in [-0.25, -0.2) is 0 Å². The summed E-state index contributed by atoms with van der Waals surface area (Å²) >= 11 is 0. The Labute approximate surface area is 120 Å². The summed E-state index contributed by atoms with van der Waals surface area (Å²) in [4.78, 5) is 17.0. The Balaban J connectivity index is 1.66. The van der Waals surface area contributed by atoms with Gasteiger partial charge < -0.3 is 9.64 Å². The van der Waals surface area contributed by atoms with Crippen LogP contribution in [0.1, 0.15) is 30.1 Å². The average molecular weight is 274 g/mol. The van der Waals surface area contributed by atoms with E-state index in [0.717, 1.165) is 30.9 Å². The lowest BCUT2D eigenvalue weighted by Gasteiger charge is -2.37. The molecule has 108 valence electrons. The summed E-state index contributed by atoms with van der Waals surface area (Å²) in [6.45, 7) is 6.56. The number of carbonyl (C=O) groups excluding carboxylic acids is 1. The fraction of sp³-hybridized carbons (Fsp3) is 0.562. The predicted octanol–water partition coefficient (Wildman–Crippen LogP) is 2.01. The van der Waals surface area contributed by atoms with E-state index in [-0.39, 0.29) is 5.91 Å². The van der Waals surface area contributed by atoms with Crippen LogP contribution in [0.15, 0.2) is 24.3 Å². The van der Waals surface area contributed by atoms with Crippen molar-refractivity contribution in [3.8, 4) is 5.75 Å². The first-order valence-corrected chi connectivity index (χ1v) is 7.54. The first-order valence-electron chi connectivity index (χ1n) is 7.54. The van der Waals surface area contributed by atoms with Crippen LogP contribution in [0.4, 0.5) is 0 Å². The Kier molecular flexibility index (Phi) is 3.92. The lowest BCUT2D eigenvalue weighted by molar-refractivity contribution is 0.0571. The summed E-state index contributed by atoms with van der Waals surface area (Å²) in [7, 11) is 0. The first kappa shape index (κ1) is 13.4. The van der Waals surface area contributed by atoms with E-state index in [2.05, 4.69) is 4.90 Å². The molecular weight excluding hydrogens is 252 g/mol. The van der Waals surface area contributed by atoms with Gasteiger partial charge in [-0.3, -0.25) is 9.69 Å². The largest absolute Gasteiger partial charge is 0.494 e. The molecule has 1 aromatic carbocycles. The van der Waals surface area contributed by atoms with Gasteiger partial charge in [0.25, 0.3) is 5.91 Å². The van der Waals surface area contributed by atoms with Crippen LogP contribution in [0.3, 0.4) is 0 Å². The minimum Gasteiger partial charge on any atom is -0.494 e. The first-order chi connectivity index (χ1) is 9.78. The molecule has 0 spiro atoms. The molecule has 2 aliphatic heterocycles. The highest BCUT2D eigenvalue weighted by atomic mass is 16.5. The highest BCUT2D eigenvalue weighted by Crippen LogP contribution is 2.23. The number of ether oxygens (including phenoxy) is 1. The molecule has 2 saturated heterocycles. The maximum atomic E-state index is 12.5. The van der Waals surface area contributed by atoms with Crippen molar-refractivity contribution in [2.24, 2.45) is 0 Å². The van der Waals surface area contributed by atoms with Crippen LogP contribution < -0.4 is 4.74 Å². The number of fused-ring (bicyclic) bond motifs is 1. The second-order valence-corrected chi connectivity index (χ2v) is 5.54. The highest BCUT2D eigenvalue weighted by molar-refractivity contribution is 5.94. The summed E-state index contributed by atoms with van der Waals surface area (Å²) in [5.74, 6) is 0.976. The van der Waals surface area contributed by atoms with Crippen molar-refractivity contribution >= 4 is 5.91 Å². The van der Waals surface area contributed by atoms with E-state index in [0.29, 0.717) is 12.6 Å². The summed E-state index contributed by atoms with van der Waals surface area (Å²) < 4.78 is 5.41. The van der Waals surface area contributed by atoms with Gasteiger partial charge in [-0.15, -0.1) is 0 Å². The van der Waals surface area contributed by atoms with E-state index >= 15 is 0 Å². The van der Waals surface area contributed by atoms with Crippen molar-refractivity contribution in [3.05, 3.63) is 29.8 Å². The Hall–Kier alpha value is -1.55. The molecule has 4 nitrogen and oxygen atoms in total. The number of hydrogen-bond acceptors (Lipinski definition) is 3. The molecule has 20 heavy (non-hydrogen) atoms. The Morgan fingerprint density at radius 2 is 2.05 bits per heavy atom. The van der Waals surface area contributed by atoms with Crippen molar-refractivity contribution in [2.45, 2.75) is 25.8 Å². The molecule has 0 aromatic heterocycles. The van der Waals surface area contributed by atoms with Crippen LogP contribution in [0.2, 0.25) is 0 Å². The molecule has 2 fully saturated rings. The SMILES string of the molecule is CCOc1ccc(C(=O)N2CCN3CCCC3C2)cc1. The average Bonchev–Trinajstić information content (AvgIpc) is 2.95. The minimum absolute atomic E-state index is 0.152. The lowest BCUT2D eigenvalue weighted by atomic mass is 10.1. The van der Waals surface area contributed by atoms with Crippen molar-refractivity contribution in [1.82, 2.24) is 9.80 Å². The van der Waals surface area contributed by atoms with Gasteiger partial charge in [-0.05, 0) is 50.6 Å². The Morgan fingerprint density at radius 1 is 1.25 bits per heavy atom. The topological polar surface area (TPSA) is 32.8 Å². The molecule has 1 amide bonds. The third-order valence-electron chi connectivity index (χ3n) is 4.29. The molecule has 0 N–H and O–H groups in total. The summed E-state index contributed by atoms with van der Waals surface area (Å²) in [5, 5.41) is 0. The molecule has 1 aromatic rings. The molecule has 0 bridgehead atoms. The molecule has 2 heterocycles. The van der Waals surface area contributed by atoms with Crippen molar-refractivity contribution in [2.75, 3.05) is 32.8 Å². The summed E-state index contributed by atoms with van der Waals surface area (Å²) in [5.41, 5.74) is 0.764. The number of hydrogen-bond donors (Lipinski definition) is 0. The van der Waals surface area contributed by atoms with E-state index in [1.165, 1.54) is 19.4 Å². The zero-order chi connectivity index (χ0) is 13.9. The van der Waals surface area contributed by atoms with Gasteiger partial charge in [0.05, 0.1) is 6.61 Å². The highest BCUT2D eigenvalue weighted by Gasteiger charge is 2.32. The van der Waals surface area contributed by atoms with Crippen molar-refractivity contribution in [1.29, 1.82) is 0 Å². The standard InChI is InChI=1S/C16H22N2O2/c1-2-20-15-7-5-13(6-8-15)16(19)18-11-10-17-9-3-4-14(17)12-18/h5-8,14H,2-4,9-12H2,1H3. The third kappa shape index (κ3) is 2.66. The van der Waals surface area contributed by atoms with Gasteiger partial charge >= 0.3 is 0 Å². The monoisotopic (exact) mass is 274 g/mol. The van der Waals surface area contributed by atoms with E-state index in [1.807, 2.05) is 36.1 Å². The molecule has 2 aliphatic rings. The molecule has 0 saturated carbocycles. The van der Waals surface area contributed by atoms with Crippen molar-refractivity contribution in [3.63, 3.8) is 0 Å². The Bertz CT molecular complexity index is 472. The predicted molar refractivity (Wildman–Crippen MR) is 78.1 cm³/mol. The van der Waals surface area contributed by atoms with Crippen LogP contribution in [-0.4, -0.2) is 54.5 Å². The number of carbonyl (C=O) groups is 1. The van der Waals surface area contributed by atoms with Crippen LogP contribution in [0, 0.1) is 0 Å². The van der Waals surface area contributed by atoms with Crippen molar-refractivity contribution < 1.29 is 9.53 Å². The maximum absolute atomic E-state index is 12.5. The molecule has 3 rings (SSSR count). The van der Waals surface area contributed by atoms with Gasteiger partial charge in [0.15, 0.2) is 0 Å². The number of nitrogens with zero attached hydrogens (tertiary/aromatic N) is 2. The smallest absolute Gasteiger partial charge is 0.253 e. The number of rotatable bonds is 3. The fourth-order valence-electron chi connectivity index (χ4n) is 3.22. The van der Waals surface area contributed by atoms with Gasteiger partial charge in [0.1, 0.15) is 5.75 Å². The van der Waals surface area contributed by atoms with Gasteiger partial charge in [0.2, 0.25) is 0 Å². The second kappa shape index (κ2) is 5.83. The van der Waals surface area contributed by atoms with Crippen LogP contribution in [0.25, 0.3) is 0 Å². The second-order valence-electron chi connectivity index (χ2n) is 5.54. The molecule has 0 aliphatic carbocycles. The van der Waals surface area contributed by atoms with E-state index in [4.69, 9.17) is 4.74 Å². The molecular formula is C16H22N2O2. The molecule has 1 unspecified atom stereocenters. The van der Waals surface area contributed by atoms with Gasteiger partial charge in [-0.1, -0.05) is 0 Å².